The molecule has 0 heterocycles. The topological polar surface area (TPSA) is 86.8 Å². The van der Waals surface area contributed by atoms with Crippen LogP contribution in [0.15, 0.2) is 89.8 Å². The van der Waals surface area contributed by atoms with E-state index in [0.717, 1.165) is 34.8 Å². The van der Waals surface area contributed by atoms with Crippen molar-refractivity contribution in [1.82, 2.24) is 10.2 Å². The molecule has 0 aliphatic carbocycles. The Labute approximate surface area is 218 Å². The maximum Gasteiger partial charge on any atom is 0.264 e. The Morgan fingerprint density at radius 3 is 2.11 bits per heavy atom. The third kappa shape index (κ3) is 7.39. The van der Waals surface area contributed by atoms with E-state index < -0.39 is 34.3 Å². The van der Waals surface area contributed by atoms with E-state index >= 15 is 0 Å². The highest BCUT2D eigenvalue weighted by Gasteiger charge is 2.32. The van der Waals surface area contributed by atoms with E-state index in [1.165, 1.54) is 29.2 Å². The monoisotopic (exact) mass is 525 g/mol. The first-order valence-corrected chi connectivity index (χ1v) is 13.6. The molecule has 0 fully saturated rings. The van der Waals surface area contributed by atoms with E-state index in [4.69, 9.17) is 0 Å². The fraction of sp³-hybridized carbons (Fsp3) is 0.286. The average molecular weight is 526 g/mol. The summed E-state index contributed by atoms with van der Waals surface area (Å²) in [7, 11) is -4.17. The third-order valence-electron chi connectivity index (χ3n) is 5.92. The van der Waals surface area contributed by atoms with Crippen molar-refractivity contribution in [3.8, 4) is 0 Å². The number of rotatable bonds is 12. The smallest absolute Gasteiger partial charge is 0.264 e. The molecule has 37 heavy (non-hydrogen) atoms. The van der Waals surface area contributed by atoms with E-state index in [9.17, 15) is 22.4 Å². The Hall–Kier alpha value is -3.72. The molecule has 2 amide bonds. The first-order valence-electron chi connectivity index (χ1n) is 12.2. The van der Waals surface area contributed by atoms with Crippen molar-refractivity contribution in [2.75, 3.05) is 17.4 Å². The van der Waals surface area contributed by atoms with Gasteiger partial charge in [-0.2, -0.15) is 0 Å². The van der Waals surface area contributed by atoms with Crippen LogP contribution >= 0.6 is 0 Å². The van der Waals surface area contributed by atoms with Crippen molar-refractivity contribution in [2.24, 2.45) is 0 Å². The Kier molecular flexibility index (Phi) is 9.79. The van der Waals surface area contributed by atoms with Crippen LogP contribution in [0.2, 0.25) is 0 Å². The fourth-order valence-corrected chi connectivity index (χ4v) is 5.19. The molecule has 0 aliphatic heterocycles. The minimum absolute atomic E-state index is 0.00732. The van der Waals surface area contributed by atoms with Crippen molar-refractivity contribution in [2.45, 2.75) is 44.2 Å². The summed E-state index contributed by atoms with van der Waals surface area (Å²) in [5, 5.41) is 2.85. The van der Waals surface area contributed by atoms with Crippen LogP contribution in [0.4, 0.5) is 10.1 Å². The van der Waals surface area contributed by atoms with Gasteiger partial charge in [-0.1, -0.05) is 61.9 Å². The first-order chi connectivity index (χ1) is 17.7. The quantitative estimate of drug-likeness (QED) is 0.356. The molecule has 0 saturated heterocycles. The number of hydrogen-bond donors (Lipinski definition) is 1. The standard InChI is InChI=1S/C28H32FN3O4S/c1-3-4-19-30-28(34)22(2)31(20-23-11-7-5-8-12-23)27(33)21-32(25-17-15-24(29)16-18-25)37(35,36)26-13-9-6-10-14-26/h5-18,22H,3-4,19-21H2,1-2H3,(H,30,34)/t22-/m1/s1. The van der Waals surface area contributed by atoms with Gasteiger partial charge in [0, 0.05) is 13.1 Å². The van der Waals surface area contributed by atoms with Crippen LogP contribution < -0.4 is 9.62 Å². The number of sulfonamides is 1. The van der Waals surface area contributed by atoms with Crippen LogP contribution in [0.1, 0.15) is 32.3 Å². The largest absolute Gasteiger partial charge is 0.354 e. The number of nitrogens with zero attached hydrogens (tertiary/aromatic N) is 2. The number of carbonyl (C=O) groups is 2. The lowest BCUT2D eigenvalue weighted by Gasteiger charge is -2.32. The minimum Gasteiger partial charge on any atom is -0.354 e. The second-order valence-corrected chi connectivity index (χ2v) is 10.5. The van der Waals surface area contributed by atoms with Crippen LogP contribution in [0.5, 0.6) is 0 Å². The first kappa shape index (κ1) is 27.9. The van der Waals surface area contributed by atoms with E-state index in [2.05, 4.69) is 5.32 Å². The van der Waals surface area contributed by atoms with Gasteiger partial charge in [-0.15, -0.1) is 0 Å². The number of amides is 2. The summed E-state index contributed by atoms with van der Waals surface area (Å²) in [4.78, 5) is 28.0. The maximum absolute atomic E-state index is 13.7. The molecule has 0 radical (unpaired) electrons. The SMILES string of the molecule is CCCCNC(=O)[C@@H](C)N(Cc1ccccc1)C(=O)CN(c1ccc(F)cc1)S(=O)(=O)c1ccccc1. The summed E-state index contributed by atoms with van der Waals surface area (Å²) >= 11 is 0. The van der Waals surface area contributed by atoms with E-state index in [1.54, 1.807) is 25.1 Å². The molecule has 0 saturated carbocycles. The Morgan fingerprint density at radius 1 is 0.919 bits per heavy atom. The van der Waals surface area contributed by atoms with Crippen molar-refractivity contribution in [1.29, 1.82) is 0 Å². The summed E-state index contributed by atoms with van der Waals surface area (Å²) < 4.78 is 41.8. The lowest BCUT2D eigenvalue weighted by molar-refractivity contribution is -0.139. The molecule has 1 N–H and O–H groups in total. The molecule has 0 aromatic heterocycles. The van der Waals surface area contributed by atoms with E-state index in [1.807, 2.05) is 37.3 Å². The number of unbranched alkanes of at least 4 members (excludes halogenated alkanes) is 1. The van der Waals surface area contributed by atoms with E-state index in [-0.39, 0.29) is 23.0 Å². The van der Waals surface area contributed by atoms with Crippen LogP contribution in [-0.2, 0) is 26.2 Å². The van der Waals surface area contributed by atoms with Gasteiger partial charge in [0.05, 0.1) is 10.6 Å². The number of hydrogen-bond acceptors (Lipinski definition) is 4. The van der Waals surface area contributed by atoms with Gasteiger partial charge in [0.1, 0.15) is 18.4 Å². The molecule has 0 bridgehead atoms. The second-order valence-electron chi connectivity index (χ2n) is 8.63. The second kappa shape index (κ2) is 13.0. The Balaban J connectivity index is 1.96. The summed E-state index contributed by atoms with van der Waals surface area (Å²) in [5.74, 6) is -1.42. The zero-order valence-corrected chi connectivity index (χ0v) is 21.8. The molecule has 7 nitrogen and oxygen atoms in total. The summed E-state index contributed by atoms with van der Waals surface area (Å²) in [5.41, 5.74) is 0.932. The molecule has 0 unspecified atom stereocenters. The van der Waals surface area contributed by atoms with Gasteiger partial charge in [-0.25, -0.2) is 12.8 Å². The predicted octanol–water partition coefficient (Wildman–Crippen LogP) is 4.35. The summed E-state index contributed by atoms with van der Waals surface area (Å²) in [6.45, 7) is 3.66. The zero-order valence-electron chi connectivity index (χ0n) is 21.0. The normalized spacial score (nSPS) is 12.0. The molecular formula is C28H32FN3O4S. The van der Waals surface area contributed by atoms with Gasteiger partial charge in [-0.05, 0) is 55.3 Å². The number of nitrogens with one attached hydrogen (secondary N) is 1. The lowest BCUT2D eigenvalue weighted by atomic mass is 10.1. The predicted molar refractivity (Wildman–Crippen MR) is 142 cm³/mol. The highest BCUT2D eigenvalue weighted by atomic mass is 32.2. The van der Waals surface area contributed by atoms with Gasteiger partial charge in [0.2, 0.25) is 11.8 Å². The van der Waals surface area contributed by atoms with Crippen molar-refractivity contribution >= 4 is 27.5 Å². The van der Waals surface area contributed by atoms with Gasteiger partial charge >= 0.3 is 0 Å². The number of halogens is 1. The van der Waals surface area contributed by atoms with Gasteiger partial charge in [0.15, 0.2) is 0 Å². The summed E-state index contributed by atoms with van der Waals surface area (Å²) in [6, 6.07) is 20.9. The number of anilines is 1. The Morgan fingerprint density at radius 2 is 1.51 bits per heavy atom. The average Bonchev–Trinajstić information content (AvgIpc) is 2.91. The van der Waals surface area contributed by atoms with Crippen LogP contribution in [0.25, 0.3) is 0 Å². The number of benzene rings is 3. The van der Waals surface area contributed by atoms with Crippen molar-refractivity contribution < 1.29 is 22.4 Å². The lowest BCUT2D eigenvalue weighted by Crippen LogP contribution is -2.51. The third-order valence-corrected chi connectivity index (χ3v) is 7.71. The highest BCUT2D eigenvalue weighted by Crippen LogP contribution is 2.24. The summed E-state index contributed by atoms with van der Waals surface area (Å²) in [6.07, 6.45) is 1.71. The molecule has 1 atom stereocenters. The molecule has 3 rings (SSSR count). The van der Waals surface area contributed by atoms with Crippen LogP contribution in [0.3, 0.4) is 0 Å². The molecule has 3 aromatic carbocycles. The molecule has 9 heteroatoms. The molecule has 0 aliphatic rings. The minimum atomic E-state index is -4.17. The molecule has 3 aromatic rings. The Bertz CT molecular complexity index is 1270. The maximum atomic E-state index is 13.7. The van der Waals surface area contributed by atoms with Gasteiger partial charge in [0.25, 0.3) is 10.0 Å². The molecule has 196 valence electrons. The zero-order chi connectivity index (χ0) is 26.8. The van der Waals surface area contributed by atoms with Crippen LogP contribution in [-0.4, -0.2) is 44.3 Å². The highest BCUT2D eigenvalue weighted by molar-refractivity contribution is 7.92. The van der Waals surface area contributed by atoms with Gasteiger partial charge < -0.3 is 10.2 Å². The van der Waals surface area contributed by atoms with Crippen molar-refractivity contribution in [3.63, 3.8) is 0 Å². The van der Waals surface area contributed by atoms with Crippen LogP contribution in [0, 0.1) is 5.82 Å². The fourth-order valence-electron chi connectivity index (χ4n) is 3.75. The molecule has 0 spiro atoms. The van der Waals surface area contributed by atoms with E-state index in [0.29, 0.717) is 6.54 Å². The van der Waals surface area contributed by atoms with Crippen molar-refractivity contribution in [3.05, 3.63) is 96.3 Å². The number of carbonyl (C=O) groups excluding carboxylic acids is 2. The molecular weight excluding hydrogens is 493 g/mol. The van der Waals surface area contributed by atoms with Gasteiger partial charge in [-0.3, -0.25) is 13.9 Å².